The summed E-state index contributed by atoms with van der Waals surface area (Å²) in [5.74, 6) is 1.76. The molecule has 0 radical (unpaired) electrons. The molecular weight excluding hydrogens is 232 g/mol. The van der Waals surface area contributed by atoms with E-state index in [1.807, 2.05) is 17.5 Å². The molecule has 2 fully saturated rings. The van der Waals surface area contributed by atoms with E-state index < -0.39 is 0 Å². The highest BCUT2D eigenvalue weighted by atomic mass is 32.1. The van der Waals surface area contributed by atoms with Crippen molar-refractivity contribution in [3.63, 3.8) is 0 Å². The van der Waals surface area contributed by atoms with Crippen molar-refractivity contribution in [1.29, 1.82) is 0 Å². The summed E-state index contributed by atoms with van der Waals surface area (Å²) < 4.78 is 0. The SMILES string of the molecule is O=C(N/N=C\c1cccs1)[C@@H]1C[C@H]2CC[C@@H]1C2. The van der Waals surface area contributed by atoms with Crippen molar-refractivity contribution in [2.75, 3.05) is 0 Å². The molecule has 1 aromatic rings. The number of nitrogens with zero attached hydrogens (tertiary/aromatic N) is 1. The van der Waals surface area contributed by atoms with Crippen LogP contribution in [0, 0.1) is 17.8 Å². The predicted molar refractivity (Wildman–Crippen MR) is 69.0 cm³/mol. The second-order valence-corrected chi connectivity index (χ2v) is 6.01. The van der Waals surface area contributed by atoms with E-state index >= 15 is 0 Å². The quantitative estimate of drug-likeness (QED) is 0.648. The Morgan fingerprint density at radius 3 is 3.06 bits per heavy atom. The highest BCUT2D eigenvalue weighted by Crippen LogP contribution is 2.48. The number of carbonyl (C=O) groups excluding carboxylic acids is 1. The molecule has 2 bridgehead atoms. The minimum Gasteiger partial charge on any atom is -0.273 e. The van der Waals surface area contributed by atoms with Gasteiger partial charge in [0.15, 0.2) is 0 Å². The van der Waals surface area contributed by atoms with E-state index in [1.165, 1.54) is 19.3 Å². The number of hydrazone groups is 1. The van der Waals surface area contributed by atoms with Gasteiger partial charge in [-0.15, -0.1) is 11.3 Å². The predicted octanol–water partition coefficient (Wildman–Crippen LogP) is 2.63. The standard InChI is InChI=1S/C13H16N2OS/c16-13(12-7-9-3-4-10(12)6-9)15-14-8-11-2-1-5-17-11/h1-2,5,8-10,12H,3-4,6-7H2,(H,15,16)/b14-8-/t9-,10+,12+/m0/s1. The van der Waals surface area contributed by atoms with Crippen molar-refractivity contribution < 1.29 is 4.79 Å². The van der Waals surface area contributed by atoms with E-state index in [2.05, 4.69) is 10.5 Å². The zero-order valence-electron chi connectivity index (χ0n) is 9.63. The molecule has 1 N–H and O–H groups in total. The third kappa shape index (κ3) is 2.27. The van der Waals surface area contributed by atoms with Gasteiger partial charge < -0.3 is 0 Å². The Morgan fingerprint density at radius 2 is 2.41 bits per heavy atom. The van der Waals surface area contributed by atoms with E-state index in [0.29, 0.717) is 5.92 Å². The molecule has 1 heterocycles. The van der Waals surface area contributed by atoms with Gasteiger partial charge in [-0.1, -0.05) is 12.5 Å². The maximum atomic E-state index is 11.9. The molecule has 1 aromatic heterocycles. The van der Waals surface area contributed by atoms with Crippen LogP contribution < -0.4 is 5.43 Å². The Hall–Kier alpha value is -1.16. The minimum absolute atomic E-state index is 0.116. The van der Waals surface area contributed by atoms with Gasteiger partial charge in [0.25, 0.3) is 0 Å². The Bertz CT molecular complexity index is 427. The van der Waals surface area contributed by atoms with Crippen LogP contribution in [0.4, 0.5) is 0 Å². The fourth-order valence-corrected chi connectivity index (χ4v) is 3.76. The molecular formula is C13H16N2OS. The van der Waals surface area contributed by atoms with Gasteiger partial charge >= 0.3 is 0 Å². The van der Waals surface area contributed by atoms with Crippen LogP contribution in [0.1, 0.15) is 30.6 Å². The molecule has 0 aliphatic heterocycles. The lowest BCUT2D eigenvalue weighted by Crippen LogP contribution is -2.30. The van der Waals surface area contributed by atoms with Crippen LogP contribution in [0.5, 0.6) is 0 Å². The lowest BCUT2D eigenvalue weighted by Gasteiger charge is -2.19. The highest BCUT2D eigenvalue weighted by Gasteiger charge is 2.42. The molecule has 3 nitrogen and oxygen atoms in total. The maximum absolute atomic E-state index is 11.9. The molecule has 2 aliphatic carbocycles. The van der Waals surface area contributed by atoms with Crippen molar-refractivity contribution in [3.05, 3.63) is 22.4 Å². The Balaban J connectivity index is 1.54. The third-order valence-corrected chi connectivity index (χ3v) is 4.79. The van der Waals surface area contributed by atoms with E-state index in [0.717, 1.165) is 17.2 Å². The molecule has 0 aromatic carbocycles. The molecule has 90 valence electrons. The first-order valence-corrected chi connectivity index (χ1v) is 7.07. The van der Waals surface area contributed by atoms with Gasteiger partial charge in [0.05, 0.1) is 6.21 Å². The molecule has 0 saturated heterocycles. The van der Waals surface area contributed by atoms with Gasteiger partial charge in [-0.2, -0.15) is 5.10 Å². The van der Waals surface area contributed by atoms with Crippen LogP contribution in [0.25, 0.3) is 0 Å². The summed E-state index contributed by atoms with van der Waals surface area (Å²) >= 11 is 1.62. The first-order valence-electron chi connectivity index (χ1n) is 6.19. The average Bonchev–Trinajstić information content (AvgIpc) is 3.05. The van der Waals surface area contributed by atoms with Gasteiger partial charge in [-0.25, -0.2) is 5.43 Å². The highest BCUT2D eigenvalue weighted by molar-refractivity contribution is 7.11. The van der Waals surface area contributed by atoms with Crippen LogP contribution in [0.2, 0.25) is 0 Å². The molecule has 0 spiro atoms. The number of hydrogen-bond acceptors (Lipinski definition) is 3. The number of hydrogen-bond donors (Lipinski definition) is 1. The van der Waals surface area contributed by atoms with Gasteiger partial charge in [0, 0.05) is 10.8 Å². The number of amides is 1. The van der Waals surface area contributed by atoms with Gasteiger partial charge in [-0.3, -0.25) is 4.79 Å². The molecule has 3 atom stereocenters. The second kappa shape index (κ2) is 4.61. The lowest BCUT2D eigenvalue weighted by atomic mass is 9.88. The Labute approximate surface area is 105 Å². The summed E-state index contributed by atoms with van der Waals surface area (Å²) in [7, 11) is 0. The summed E-state index contributed by atoms with van der Waals surface area (Å²) in [5.41, 5.74) is 2.68. The van der Waals surface area contributed by atoms with Crippen molar-refractivity contribution in [3.8, 4) is 0 Å². The van der Waals surface area contributed by atoms with Crippen molar-refractivity contribution in [1.82, 2.24) is 5.43 Å². The summed E-state index contributed by atoms with van der Waals surface area (Å²) in [6.45, 7) is 0. The van der Waals surface area contributed by atoms with Crippen LogP contribution >= 0.6 is 11.3 Å². The van der Waals surface area contributed by atoms with Gasteiger partial charge in [-0.05, 0) is 42.5 Å². The van der Waals surface area contributed by atoms with Crippen LogP contribution in [0.3, 0.4) is 0 Å². The van der Waals surface area contributed by atoms with Crippen molar-refractivity contribution in [2.45, 2.75) is 25.7 Å². The first kappa shape index (κ1) is 11.0. The molecule has 2 aliphatic rings. The maximum Gasteiger partial charge on any atom is 0.243 e. The normalized spacial score (nSPS) is 31.2. The van der Waals surface area contributed by atoms with E-state index in [9.17, 15) is 4.79 Å². The molecule has 17 heavy (non-hydrogen) atoms. The number of nitrogens with one attached hydrogen (secondary N) is 1. The lowest BCUT2D eigenvalue weighted by molar-refractivity contribution is -0.126. The topological polar surface area (TPSA) is 41.5 Å². The zero-order valence-corrected chi connectivity index (χ0v) is 10.5. The second-order valence-electron chi connectivity index (χ2n) is 5.03. The largest absolute Gasteiger partial charge is 0.273 e. The monoisotopic (exact) mass is 248 g/mol. The summed E-state index contributed by atoms with van der Waals surface area (Å²) in [5, 5.41) is 6.03. The zero-order chi connectivity index (χ0) is 11.7. The third-order valence-electron chi connectivity index (χ3n) is 3.98. The summed E-state index contributed by atoms with van der Waals surface area (Å²) in [6, 6.07) is 3.96. The average molecular weight is 248 g/mol. The molecule has 3 rings (SSSR count). The van der Waals surface area contributed by atoms with Gasteiger partial charge in [0.1, 0.15) is 0 Å². The van der Waals surface area contributed by atoms with E-state index in [4.69, 9.17) is 0 Å². The molecule has 1 amide bonds. The fraction of sp³-hybridized carbons (Fsp3) is 0.538. The molecule has 0 unspecified atom stereocenters. The van der Waals surface area contributed by atoms with E-state index in [-0.39, 0.29) is 11.8 Å². The first-order chi connectivity index (χ1) is 8.33. The minimum atomic E-state index is 0.116. The Morgan fingerprint density at radius 1 is 1.47 bits per heavy atom. The fourth-order valence-electron chi connectivity index (χ4n) is 3.17. The smallest absolute Gasteiger partial charge is 0.243 e. The van der Waals surface area contributed by atoms with E-state index in [1.54, 1.807) is 17.6 Å². The van der Waals surface area contributed by atoms with Crippen molar-refractivity contribution >= 4 is 23.5 Å². The van der Waals surface area contributed by atoms with Gasteiger partial charge in [0.2, 0.25) is 5.91 Å². The van der Waals surface area contributed by atoms with Crippen LogP contribution in [-0.4, -0.2) is 12.1 Å². The number of carbonyl (C=O) groups is 1. The summed E-state index contributed by atoms with van der Waals surface area (Å²) in [4.78, 5) is 13.0. The summed E-state index contributed by atoms with van der Waals surface area (Å²) in [6.07, 6.45) is 6.61. The molecule has 4 heteroatoms. The number of rotatable bonds is 3. The van der Waals surface area contributed by atoms with Crippen molar-refractivity contribution in [2.24, 2.45) is 22.9 Å². The Kier molecular flexibility index (Phi) is 2.97. The van der Waals surface area contributed by atoms with Crippen LogP contribution in [0.15, 0.2) is 22.6 Å². The number of fused-ring (bicyclic) bond motifs is 2. The van der Waals surface area contributed by atoms with Crippen LogP contribution in [-0.2, 0) is 4.79 Å². The number of thiophene rings is 1. The molecule has 2 saturated carbocycles.